The molecule has 0 spiro atoms. The molecule has 94 valence electrons. The molecule has 1 aromatic carbocycles. The average molecular weight is 254 g/mol. The molecule has 0 aliphatic carbocycles. The van der Waals surface area contributed by atoms with E-state index in [2.05, 4.69) is 0 Å². The van der Waals surface area contributed by atoms with Gasteiger partial charge in [0.15, 0.2) is 9.84 Å². The van der Waals surface area contributed by atoms with Crippen LogP contribution in [-0.2, 0) is 9.84 Å². The molecule has 0 aliphatic rings. The van der Waals surface area contributed by atoms with Gasteiger partial charge in [0.1, 0.15) is 0 Å². The second-order valence-electron chi connectivity index (χ2n) is 3.90. The third-order valence-electron chi connectivity index (χ3n) is 2.41. The standard InChI is InChI=1S/C13H18O3S/c1-2-3-7-12(14)10-11-17(15,16)13-8-5-4-6-9-13/h4-6,8-12,14H,2-3,7H2,1H3/b11-10+. The highest BCUT2D eigenvalue weighted by Gasteiger charge is 2.09. The number of hydrogen-bond donors (Lipinski definition) is 1. The maximum absolute atomic E-state index is 11.8. The van der Waals surface area contributed by atoms with E-state index in [9.17, 15) is 13.5 Å². The van der Waals surface area contributed by atoms with Crippen LogP contribution in [0, 0.1) is 0 Å². The van der Waals surface area contributed by atoms with Gasteiger partial charge in [-0.3, -0.25) is 0 Å². The topological polar surface area (TPSA) is 54.4 Å². The minimum Gasteiger partial charge on any atom is -0.389 e. The Morgan fingerprint density at radius 3 is 2.53 bits per heavy atom. The molecule has 1 atom stereocenters. The van der Waals surface area contributed by atoms with Crippen LogP contribution >= 0.6 is 0 Å². The van der Waals surface area contributed by atoms with Crippen molar-refractivity contribution in [3.8, 4) is 0 Å². The first-order valence-corrected chi connectivity index (χ1v) is 7.27. The maximum Gasteiger partial charge on any atom is 0.199 e. The molecule has 1 aromatic rings. The van der Waals surface area contributed by atoms with Crippen LogP contribution in [0.25, 0.3) is 0 Å². The Morgan fingerprint density at radius 2 is 1.94 bits per heavy atom. The Balaban J connectivity index is 2.71. The molecule has 0 saturated carbocycles. The highest BCUT2D eigenvalue weighted by Crippen LogP contribution is 2.12. The van der Waals surface area contributed by atoms with Gasteiger partial charge in [-0.15, -0.1) is 0 Å². The fourth-order valence-corrected chi connectivity index (χ4v) is 2.47. The van der Waals surface area contributed by atoms with E-state index in [0.29, 0.717) is 6.42 Å². The van der Waals surface area contributed by atoms with Gasteiger partial charge >= 0.3 is 0 Å². The fourth-order valence-electron chi connectivity index (χ4n) is 1.39. The van der Waals surface area contributed by atoms with E-state index in [4.69, 9.17) is 0 Å². The van der Waals surface area contributed by atoms with Crippen molar-refractivity contribution in [2.75, 3.05) is 0 Å². The fraction of sp³-hybridized carbons (Fsp3) is 0.385. The number of rotatable bonds is 6. The summed E-state index contributed by atoms with van der Waals surface area (Å²) in [5, 5.41) is 10.6. The number of aliphatic hydroxyl groups is 1. The maximum atomic E-state index is 11.8. The van der Waals surface area contributed by atoms with E-state index in [-0.39, 0.29) is 4.90 Å². The molecule has 0 amide bonds. The minimum atomic E-state index is -3.42. The van der Waals surface area contributed by atoms with Gasteiger partial charge in [0.25, 0.3) is 0 Å². The van der Waals surface area contributed by atoms with E-state index >= 15 is 0 Å². The lowest BCUT2D eigenvalue weighted by molar-refractivity contribution is 0.209. The molecule has 4 heteroatoms. The molecule has 0 heterocycles. The van der Waals surface area contributed by atoms with Gasteiger partial charge in [0.05, 0.1) is 11.0 Å². The Morgan fingerprint density at radius 1 is 1.29 bits per heavy atom. The van der Waals surface area contributed by atoms with Gasteiger partial charge in [-0.2, -0.15) is 0 Å². The summed E-state index contributed by atoms with van der Waals surface area (Å²) in [5.74, 6) is 0. The Kier molecular flexibility index (Phi) is 5.38. The predicted molar refractivity (Wildman–Crippen MR) is 68.3 cm³/mol. The summed E-state index contributed by atoms with van der Waals surface area (Å²) >= 11 is 0. The van der Waals surface area contributed by atoms with E-state index in [1.54, 1.807) is 18.2 Å². The molecule has 0 fully saturated rings. The van der Waals surface area contributed by atoms with Crippen molar-refractivity contribution in [2.45, 2.75) is 37.2 Å². The number of unbranched alkanes of at least 4 members (excludes halogenated alkanes) is 1. The molecular formula is C13H18O3S. The van der Waals surface area contributed by atoms with Gasteiger partial charge in [0.2, 0.25) is 0 Å². The summed E-state index contributed by atoms with van der Waals surface area (Å²) in [6.07, 6.45) is 3.12. The van der Waals surface area contributed by atoms with Crippen molar-refractivity contribution in [1.29, 1.82) is 0 Å². The lowest BCUT2D eigenvalue weighted by atomic mass is 10.2. The van der Waals surface area contributed by atoms with Gasteiger partial charge in [-0.25, -0.2) is 8.42 Å². The Labute approximate surface area is 103 Å². The van der Waals surface area contributed by atoms with E-state index in [0.717, 1.165) is 18.2 Å². The minimum absolute atomic E-state index is 0.249. The Bertz CT molecular complexity index is 449. The summed E-state index contributed by atoms with van der Waals surface area (Å²) in [5.41, 5.74) is 0. The van der Waals surface area contributed by atoms with Gasteiger partial charge in [0, 0.05) is 5.41 Å². The van der Waals surface area contributed by atoms with Crippen LogP contribution in [0.4, 0.5) is 0 Å². The highest BCUT2D eigenvalue weighted by molar-refractivity contribution is 7.94. The van der Waals surface area contributed by atoms with Crippen molar-refractivity contribution < 1.29 is 13.5 Å². The molecule has 0 saturated heterocycles. The summed E-state index contributed by atoms with van der Waals surface area (Å²) in [6.45, 7) is 2.02. The molecule has 0 aliphatic heterocycles. The van der Waals surface area contributed by atoms with Crippen LogP contribution in [-0.4, -0.2) is 19.6 Å². The van der Waals surface area contributed by atoms with Gasteiger partial charge in [-0.1, -0.05) is 38.0 Å². The molecular weight excluding hydrogens is 236 g/mol. The van der Waals surface area contributed by atoms with Crippen LogP contribution in [0.3, 0.4) is 0 Å². The number of sulfone groups is 1. The SMILES string of the molecule is CCCCC(O)/C=C/S(=O)(=O)c1ccccc1. The first-order valence-electron chi connectivity index (χ1n) is 5.72. The van der Waals surface area contributed by atoms with E-state index in [1.807, 2.05) is 6.92 Å². The van der Waals surface area contributed by atoms with Gasteiger partial charge in [-0.05, 0) is 24.6 Å². The molecule has 1 N–H and O–H groups in total. The molecule has 17 heavy (non-hydrogen) atoms. The lowest BCUT2D eigenvalue weighted by Gasteiger charge is -2.03. The average Bonchev–Trinajstić information content (AvgIpc) is 2.35. The number of benzene rings is 1. The number of hydrogen-bond acceptors (Lipinski definition) is 3. The van der Waals surface area contributed by atoms with Gasteiger partial charge < -0.3 is 5.11 Å². The normalized spacial score (nSPS) is 14.0. The largest absolute Gasteiger partial charge is 0.389 e. The first-order chi connectivity index (χ1) is 8.06. The summed E-state index contributed by atoms with van der Waals surface area (Å²) < 4.78 is 23.6. The second-order valence-corrected chi connectivity index (χ2v) is 5.73. The molecule has 0 radical (unpaired) electrons. The van der Waals surface area contributed by atoms with Crippen LogP contribution in [0.2, 0.25) is 0 Å². The Hall–Kier alpha value is -1.13. The van der Waals surface area contributed by atoms with Crippen molar-refractivity contribution >= 4 is 9.84 Å². The van der Waals surface area contributed by atoms with Crippen LogP contribution in [0.5, 0.6) is 0 Å². The van der Waals surface area contributed by atoms with E-state index < -0.39 is 15.9 Å². The second kappa shape index (κ2) is 6.57. The zero-order valence-corrected chi connectivity index (χ0v) is 10.7. The third kappa shape index (κ3) is 4.71. The molecule has 1 unspecified atom stereocenters. The zero-order chi connectivity index (χ0) is 12.7. The highest BCUT2D eigenvalue weighted by atomic mass is 32.2. The monoisotopic (exact) mass is 254 g/mol. The smallest absolute Gasteiger partial charge is 0.199 e. The summed E-state index contributed by atoms with van der Waals surface area (Å²) in [4.78, 5) is 0.249. The summed E-state index contributed by atoms with van der Waals surface area (Å²) in [6, 6.07) is 8.19. The van der Waals surface area contributed by atoms with Crippen molar-refractivity contribution in [3.05, 3.63) is 41.8 Å². The quantitative estimate of drug-likeness (QED) is 0.848. The lowest BCUT2D eigenvalue weighted by Crippen LogP contribution is -2.03. The van der Waals surface area contributed by atoms with Crippen LogP contribution in [0.15, 0.2) is 46.7 Å². The third-order valence-corrected chi connectivity index (χ3v) is 3.85. The zero-order valence-electron chi connectivity index (χ0n) is 9.91. The van der Waals surface area contributed by atoms with Crippen molar-refractivity contribution in [1.82, 2.24) is 0 Å². The predicted octanol–water partition coefficient (Wildman–Crippen LogP) is 2.53. The van der Waals surface area contributed by atoms with Crippen molar-refractivity contribution in [2.24, 2.45) is 0 Å². The first kappa shape index (κ1) is 13.9. The summed E-state index contributed by atoms with van der Waals surface area (Å²) in [7, 11) is -3.42. The molecule has 3 nitrogen and oxygen atoms in total. The number of aliphatic hydroxyl groups excluding tert-OH is 1. The van der Waals surface area contributed by atoms with Crippen molar-refractivity contribution in [3.63, 3.8) is 0 Å². The van der Waals surface area contributed by atoms with Crippen LogP contribution < -0.4 is 0 Å². The molecule has 1 rings (SSSR count). The van der Waals surface area contributed by atoms with Crippen LogP contribution in [0.1, 0.15) is 26.2 Å². The molecule has 0 aromatic heterocycles. The van der Waals surface area contributed by atoms with E-state index in [1.165, 1.54) is 18.2 Å². The molecule has 0 bridgehead atoms.